The third-order valence-electron chi connectivity index (χ3n) is 4.76. The Morgan fingerprint density at radius 1 is 1.17 bits per heavy atom. The van der Waals surface area contributed by atoms with E-state index >= 15 is 0 Å². The summed E-state index contributed by atoms with van der Waals surface area (Å²) in [6, 6.07) is 13.5. The molecule has 0 unspecified atom stereocenters. The summed E-state index contributed by atoms with van der Waals surface area (Å²) in [7, 11) is 3.57. The Hall–Kier alpha value is -3.13. The van der Waals surface area contributed by atoms with Crippen LogP contribution in [0, 0.1) is 0 Å². The Balaban J connectivity index is 1.50. The SMILES string of the molecule is CCc1ccc2c(c1)c1nnc(SCC(=O)Nc3ccc(OC)cc3)nc1n2C. The molecule has 0 saturated carbocycles. The highest BCUT2D eigenvalue weighted by molar-refractivity contribution is 7.99. The van der Waals surface area contributed by atoms with Gasteiger partial charge in [-0.3, -0.25) is 4.79 Å². The molecule has 0 bridgehead atoms. The number of carbonyl (C=O) groups excluding carboxylic acids is 1. The number of nitrogens with one attached hydrogen (secondary N) is 1. The van der Waals surface area contributed by atoms with Crippen molar-refractivity contribution in [3.63, 3.8) is 0 Å². The standard InChI is InChI=1S/C21H21N5O2S/c1-4-13-5-10-17-16(11-13)19-20(26(17)2)23-21(25-24-19)29-12-18(27)22-14-6-8-15(28-3)9-7-14/h5-11H,4,12H2,1-3H3,(H,22,27). The van der Waals surface area contributed by atoms with E-state index in [4.69, 9.17) is 4.74 Å². The van der Waals surface area contributed by atoms with Gasteiger partial charge >= 0.3 is 0 Å². The number of thioether (sulfide) groups is 1. The van der Waals surface area contributed by atoms with Crippen LogP contribution in [0.25, 0.3) is 22.1 Å². The first-order valence-corrected chi connectivity index (χ1v) is 10.3. The van der Waals surface area contributed by atoms with Crippen LogP contribution in [0.1, 0.15) is 12.5 Å². The number of hydrogen-bond donors (Lipinski definition) is 1. The minimum absolute atomic E-state index is 0.131. The second-order valence-corrected chi connectivity index (χ2v) is 7.54. The molecular weight excluding hydrogens is 386 g/mol. The monoisotopic (exact) mass is 407 g/mol. The van der Waals surface area contributed by atoms with Crippen molar-refractivity contribution in [1.29, 1.82) is 0 Å². The Morgan fingerprint density at radius 2 is 1.97 bits per heavy atom. The number of nitrogens with zero attached hydrogens (tertiary/aromatic N) is 4. The molecule has 2 aromatic carbocycles. The van der Waals surface area contributed by atoms with Crippen LogP contribution >= 0.6 is 11.8 Å². The average Bonchev–Trinajstić information content (AvgIpc) is 3.04. The smallest absolute Gasteiger partial charge is 0.234 e. The Bertz CT molecular complexity index is 1190. The molecule has 7 nitrogen and oxygen atoms in total. The fourth-order valence-electron chi connectivity index (χ4n) is 3.17. The fraction of sp³-hybridized carbons (Fsp3) is 0.238. The molecule has 0 atom stereocenters. The molecule has 2 heterocycles. The zero-order valence-corrected chi connectivity index (χ0v) is 17.3. The van der Waals surface area contributed by atoms with Gasteiger partial charge in [-0.05, 0) is 48.4 Å². The minimum Gasteiger partial charge on any atom is -0.497 e. The Kier molecular flexibility index (Phi) is 5.35. The molecule has 1 N–H and O–H groups in total. The molecule has 8 heteroatoms. The summed E-state index contributed by atoms with van der Waals surface area (Å²) in [5, 5.41) is 13.0. The number of aryl methyl sites for hydroxylation is 2. The lowest BCUT2D eigenvalue weighted by atomic mass is 10.1. The van der Waals surface area contributed by atoms with Gasteiger partial charge in [0.15, 0.2) is 5.65 Å². The van der Waals surface area contributed by atoms with Crippen molar-refractivity contribution in [3.05, 3.63) is 48.0 Å². The van der Waals surface area contributed by atoms with Crippen molar-refractivity contribution in [2.45, 2.75) is 18.5 Å². The first-order valence-electron chi connectivity index (χ1n) is 9.27. The van der Waals surface area contributed by atoms with E-state index in [-0.39, 0.29) is 11.7 Å². The average molecular weight is 407 g/mol. The summed E-state index contributed by atoms with van der Waals surface area (Å²) in [5.74, 6) is 0.808. The van der Waals surface area contributed by atoms with Crippen LogP contribution in [0.5, 0.6) is 5.75 Å². The number of rotatable bonds is 6. The van der Waals surface area contributed by atoms with E-state index < -0.39 is 0 Å². The lowest BCUT2D eigenvalue weighted by molar-refractivity contribution is -0.113. The topological polar surface area (TPSA) is 81.9 Å². The van der Waals surface area contributed by atoms with Gasteiger partial charge in [0.05, 0.1) is 18.4 Å². The van der Waals surface area contributed by atoms with E-state index in [0.717, 1.165) is 34.2 Å². The summed E-state index contributed by atoms with van der Waals surface area (Å²) in [6.45, 7) is 2.13. The number of amides is 1. The lowest BCUT2D eigenvalue weighted by Crippen LogP contribution is -2.14. The minimum atomic E-state index is -0.131. The van der Waals surface area contributed by atoms with E-state index in [1.165, 1.54) is 17.3 Å². The van der Waals surface area contributed by atoms with Gasteiger partial charge in [-0.2, -0.15) is 0 Å². The van der Waals surface area contributed by atoms with Gasteiger partial charge in [-0.25, -0.2) is 4.98 Å². The van der Waals surface area contributed by atoms with Crippen molar-refractivity contribution in [2.24, 2.45) is 7.05 Å². The summed E-state index contributed by atoms with van der Waals surface area (Å²) >= 11 is 1.26. The van der Waals surface area contributed by atoms with Crippen molar-refractivity contribution in [1.82, 2.24) is 19.7 Å². The van der Waals surface area contributed by atoms with Gasteiger partial charge in [-0.15, -0.1) is 10.2 Å². The first-order chi connectivity index (χ1) is 14.1. The summed E-state index contributed by atoms with van der Waals surface area (Å²) < 4.78 is 7.13. The molecule has 0 radical (unpaired) electrons. The van der Waals surface area contributed by atoms with Crippen molar-refractivity contribution < 1.29 is 9.53 Å². The van der Waals surface area contributed by atoms with E-state index in [1.54, 1.807) is 31.4 Å². The molecule has 4 aromatic rings. The molecule has 0 aliphatic heterocycles. The predicted octanol–water partition coefficient (Wildman–Crippen LogP) is 3.82. The quantitative estimate of drug-likeness (QED) is 0.489. The van der Waals surface area contributed by atoms with Gasteiger partial charge < -0.3 is 14.6 Å². The molecule has 0 saturated heterocycles. The molecule has 4 rings (SSSR count). The molecular formula is C21H21N5O2S. The number of ether oxygens (including phenoxy) is 1. The van der Waals surface area contributed by atoms with Crippen LogP contribution in [0.4, 0.5) is 5.69 Å². The Labute approximate surface area is 172 Å². The number of benzene rings is 2. The molecule has 0 aliphatic rings. The van der Waals surface area contributed by atoms with Crippen LogP contribution in [-0.4, -0.2) is 38.5 Å². The summed E-state index contributed by atoms with van der Waals surface area (Å²) in [4.78, 5) is 16.9. The molecule has 0 aliphatic carbocycles. The normalized spacial score (nSPS) is 11.1. The second kappa shape index (κ2) is 8.08. The summed E-state index contributed by atoms with van der Waals surface area (Å²) in [6.07, 6.45) is 0.963. The Morgan fingerprint density at radius 3 is 2.69 bits per heavy atom. The van der Waals surface area contributed by atoms with Crippen LogP contribution < -0.4 is 10.1 Å². The molecule has 0 fully saturated rings. The number of carbonyl (C=O) groups is 1. The molecule has 1 amide bonds. The molecule has 29 heavy (non-hydrogen) atoms. The van der Waals surface area contributed by atoms with Gasteiger partial charge in [0.2, 0.25) is 11.1 Å². The maximum absolute atomic E-state index is 12.2. The number of hydrogen-bond acceptors (Lipinski definition) is 6. The maximum Gasteiger partial charge on any atom is 0.234 e. The highest BCUT2D eigenvalue weighted by Crippen LogP contribution is 2.27. The van der Waals surface area contributed by atoms with E-state index in [9.17, 15) is 4.79 Å². The summed E-state index contributed by atoms with van der Waals surface area (Å²) in [5.41, 5.74) is 4.58. The zero-order valence-electron chi connectivity index (χ0n) is 16.5. The van der Waals surface area contributed by atoms with Crippen LogP contribution in [0.2, 0.25) is 0 Å². The van der Waals surface area contributed by atoms with E-state index in [2.05, 4.69) is 45.6 Å². The molecule has 2 aromatic heterocycles. The van der Waals surface area contributed by atoms with Gasteiger partial charge in [0.1, 0.15) is 11.3 Å². The lowest BCUT2D eigenvalue weighted by Gasteiger charge is -2.05. The highest BCUT2D eigenvalue weighted by Gasteiger charge is 2.14. The highest BCUT2D eigenvalue weighted by atomic mass is 32.2. The third kappa shape index (κ3) is 3.88. The number of anilines is 1. The van der Waals surface area contributed by atoms with E-state index in [1.807, 2.05) is 11.6 Å². The zero-order chi connectivity index (χ0) is 20.4. The van der Waals surface area contributed by atoms with E-state index in [0.29, 0.717) is 10.8 Å². The van der Waals surface area contributed by atoms with Crippen LogP contribution in [0.3, 0.4) is 0 Å². The maximum atomic E-state index is 12.2. The molecule has 0 spiro atoms. The van der Waals surface area contributed by atoms with Gasteiger partial charge in [-0.1, -0.05) is 24.8 Å². The number of fused-ring (bicyclic) bond motifs is 3. The fourth-order valence-corrected chi connectivity index (χ4v) is 3.76. The second-order valence-electron chi connectivity index (χ2n) is 6.60. The van der Waals surface area contributed by atoms with Crippen molar-refractivity contribution in [3.8, 4) is 5.75 Å². The number of methoxy groups -OCH3 is 1. The largest absolute Gasteiger partial charge is 0.497 e. The van der Waals surface area contributed by atoms with Crippen molar-refractivity contribution >= 4 is 45.4 Å². The van der Waals surface area contributed by atoms with Crippen molar-refractivity contribution in [2.75, 3.05) is 18.2 Å². The van der Waals surface area contributed by atoms with Gasteiger partial charge in [0.25, 0.3) is 0 Å². The predicted molar refractivity (Wildman–Crippen MR) is 116 cm³/mol. The third-order valence-corrected chi connectivity index (χ3v) is 5.60. The van der Waals surface area contributed by atoms with Gasteiger partial charge in [0, 0.05) is 18.1 Å². The molecule has 148 valence electrons. The van der Waals surface area contributed by atoms with Crippen LogP contribution in [0.15, 0.2) is 47.6 Å². The number of aromatic nitrogens is 4. The first kappa shape index (κ1) is 19.2. The van der Waals surface area contributed by atoms with Crippen LogP contribution in [-0.2, 0) is 18.3 Å².